The summed E-state index contributed by atoms with van der Waals surface area (Å²) in [7, 11) is 1.90. The van der Waals surface area contributed by atoms with Gasteiger partial charge in [0.05, 0.1) is 11.1 Å². The van der Waals surface area contributed by atoms with Gasteiger partial charge in [-0.05, 0) is 32.1 Å². The van der Waals surface area contributed by atoms with E-state index in [4.69, 9.17) is 20.8 Å². The molecule has 162 valence electrons. The molecule has 0 saturated carbocycles. The molecule has 0 amide bonds. The first kappa shape index (κ1) is 21.2. The van der Waals surface area contributed by atoms with Crippen molar-refractivity contribution >= 4 is 28.5 Å². The van der Waals surface area contributed by atoms with Gasteiger partial charge in [-0.3, -0.25) is 14.5 Å². The molecule has 2 heterocycles. The Kier molecular flexibility index (Phi) is 5.64. The molecule has 0 spiro atoms. The van der Waals surface area contributed by atoms with Gasteiger partial charge < -0.3 is 19.4 Å². The molecule has 1 saturated heterocycles. The molecular formula is C23H22ClNO6. The SMILES string of the molecule is CC(=O)OC[C@H]1[C@H](c2c(O)cc(O)c3c(=O)cc(-c4ccccc4Cl)oc23)CCN1C. The van der Waals surface area contributed by atoms with Crippen molar-refractivity contribution in [2.45, 2.75) is 25.3 Å². The van der Waals surface area contributed by atoms with Crippen molar-refractivity contribution in [2.75, 3.05) is 20.2 Å². The largest absolute Gasteiger partial charge is 0.507 e. The van der Waals surface area contributed by atoms with Crippen LogP contribution in [0.1, 0.15) is 24.8 Å². The third kappa shape index (κ3) is 3.86. The number of hydrogen-bond donors (Lipinski definition) is 2. The van der Waals surface area contributed by atoms with E-state index in [1.165, 1.54) is 13.0 Å². The van der Waals surface area contributed by atoms with E-state index in [1.807, 2.05) is 11.9 Å². The van der Waals surface area contributed by atoms with E-state index in [2.05, 4.69) is 0 Å². The lowest BCUT2D eigenvalue weighted by Crippen LogP contribution is -2.33. The minimum atomic E-state index is -0.446. The summed E-state index contributed by atoms with van der Waals surface area (Å²) in [5.41, 5.74) is 0.586. The molecule has 1 aliphatic rings. The van der Waals surface area contributed by atoms with Crippen LogP contribution in [0.2, 0.25) is 5.02 Å². The van der Waals surface area contributed by atoms with E-state index >= 15 is 0 Å². The number of halogens is 1. The van der Waals surface area contributed by atoms with Crippen LogP contribution in [-0.4, -0.2) is 47.3 Å². The average Bonchev–Trinajstić information content (AvgIpc) is 3.06. The van der Waals surface area contributed by atoms with Crippen LogP contribution < -0.4 is 5.43 Å². The molecule has 0 unspecified atom stereocenters. The van der Waals surface area contributed by atoms with Crippen LogP contribution in [-0.2, 0) is 9.53 Å². The van der Waals surface area contributed by atoms with Gasteiger partial charge in [-0.15, -0.1) is 0 Å². The number of carbonyl (C=O) groups excluding carboxylic acids is 1. The number of phenolic OH excluding ortho intramolecular Hbond substituents is 2. The summed E-state index contributed by atoms with van der Waals surface area (Å²) in [5.74, 6) is -0.989. The van der Waals surface area contributed by atoms with Gasteiger partial charge >= 0.3 is 5.97 Å². The number of fused-ring (bicyclic) bond motifs is 1. The molecule has 3 aromatic rings. The highest BCUT2D eigenvalue weighted by atomic mass is 35.5. The summed E-state index contributed by atoms with van der Waals surface area (Å²) >= 11 is 6.29. The minimum Gasteiger partial charge on any atom is -0.507 e. The summed E-state index contributed by atoms with van der Waals surface area (Å²) in [6, 6.07) is 9.16. The first-order valence-electron chi connectivity index (χ1n) is 9.89. The second-order valence-corrected chi connectivity index (χ2v) is 8.14. The Morgan fingerprint density at radius 1 is 1.26 bits per heavy atom. The zero-order valence-corrected chi connectivity index (χ0v) is 17.8. The molecule has 2 aromatic carbocycles. The van der Waals surface area contributed by atoms with Gasteiger partial charge in [-0.25, -0.2) is 0 Å². The zero-order valence-electron chi connectivity index (χ0n) is 17.1. The number of phenols is 2. The lowest BCUT2D eigenvalue weighted by molar-refractivity contribution is -0.142. The van der Waals surface area contributed by atoms with Crippen molar-refractivity contribution in [1.29, 1.82) is 0 Å². The highest BCUT2D eigenvalue weighted by molar-refractivity contribution is 6.33. The fraction of sp³-hybridized carbons (Fsp3) is 0.304. The number of carbonyl (C=O) groups is 1. The van der Waals surface area contributed by atoms with Crippen LogP contribution in [0.15, 0.2) is 45.6 Å². The first-order chi connectivity index (χ1) is 14.8. The van der Waals surface area contributed by atoms with Gasteiger partial charge in [-0.1, -0.05) is 23.7 Å². The van der Waals surface area contributed by atoms with Crippen molar-refractivity contribution in [3.8, 4) is 22.8 Å². The Balaban J connectivity index is 1.94. The van der Waals surface area contributed by atoms with E-state index < -0.39 is 11.4 Å². The van der Waals surface area contributed by atoms with Crippen LogP contribution in [0.5, 0.6) is 11.5 Å². The molecule has 0 aliphatic carbocycles. The Labute approximate surface area is 183 Å². The summed E-state index contributed by atoms with van der Waals surface area (Å²) < 4.78 is 11.3. The van der Waals surface area contributed by atoms with Gasteiger partial charge in [0.15, 0.2) is 5.43 Å². The summed E-state index contributed by atoms with van der Waals surface area (Å²) in [6.45, 7) is 2.17. The summed E-state index contributed by atoms with van der Waals surface area (Å²) in [5, 5.41) is 21.5. The van der Waals surface area contributed by atoms with E-state index in [1.54, 1.807) is 24.3 Å². The van der Waals surface area contributed by atoms with Crippen LogP contribution in [0.3, 0.4) is 0 Å². The number of nitrogens with zero attached hydrogens (tertiary/aromatic N) is 1. The minimum absolute atomic E-state index is 0.00982. The maximum atomic E-state index is 12.9. The maximum Gasteiger partial charge on any atom is 0.302 e. The molecule has 0 radical (unpaired) electrons. The molecular weight excluding hydrogens is 422 g/mol. The Morgan fingerprint density at radius 3 is 2.71 bits per heavy atom. The van der Waals surface area contributed by atoms with Gasteiger partial charge in [0.2, 0.25) is 0 Å². The quantitative estimate of drug-likeness (QED) is 0.590. The third-order valence-corrected chi connectivity index (χ3v) is 6.12. The average molecular weight is 444 g/mol. The number of aromatic hydroxyl groups is 2. The number of likely N-dealkylation sites (N-methyl/N-ethyl adjacent to an activating group) is 1. The Morgan fingerprint density at radius 2 is 2.00 bits per heavy atom. The van der Waals surface area contributed by atoms with Gasteiger partial charge in [0.1, 0.15) is 34.8 Å². The number of esters is 1. The molecule has 1 fully saturated rings. The maximum absolute atomic E-state index is 12.9. The lowest BCUT2D eigenvalue weighted by atomic mass is 9.89. The summed E-state index contributed by atoms with van der Waals surface area (Å²) in [4.78, 5) is 26.3. The summed E-state index contributed by atoms with van der Waals surface area (Å²) in [6.07, 6.45) is 0.649. The van der Waals surface area contributed by atoms with E-state index in [0.717, 1.165) is 6.07 Å². The Hall–Kier alpha value is -3.03. The number of likely N-dealkylation sites (tertiary alicyclic amines) is 1. The number of benzene rings is 2. The van der Waals surface area contributed by atoms with Crippen LogP contribution in [0, 0.1) is 0 Å². The molecule has 1 aromatic heterocycles. The van der Waals surface area contributed by atoms with Gasteiger partial charge in [-0.2, -0.15) is 0 Å². The predicted octanol–water partition coefficient (Wildman–Crippen LogP) is 3.88. The Bertz CT molecular complexity index is 1220. The molecule has 2 atom stereocenters. The van der Waals surface area contributed by atoms with Crippen molar-refractivity contribution < 1.29 is 24.2 Å². The monoisotopic (exact) mass is 443 g/mol. The van der Waals surface area contributed by atoms with E-state index in [0.29, 0.717) is 29.1 Å². The van der Waals surface area contributed by atoms with Gasteiger partial charge in [0.25, 0.3) is 0 Å². The standard InChI is InChI=1S/C23H22ClNO6/c1-12(26)30-11-16-14(7-8-25(16)2)21-17(27)9-18(28)22-19(29)10-20(31-23(21)22)13-5-3-4-6-15(13)24/h3-6,9-10,14,16,27-28H,7-8,11H2,1-2H3/t14-,16+/m1/s1. The highest BCUT2D eigenvalue weighted by Gasteiger charge is 2.37. The fourth-order valence-corrected chi connectivity index (χ4v) is 4.49. The second kappa shape index (κ2) is 8.24. The second-order valence-electron chi connectivity index (χ2n) is 7.73. The normalized spacial score (nSPS) is 19.1. The topological polar surface area (TPSA) is 100 Å². The van der Waals surface area contributed by atoms with Crippen molar-refractivity contribution in [2.24, 2.45) is 0 Å². The van der Waals surface area contributed by atoms with Crippen molar-refractivity contribution in [3.05, 3.63) is 57.2 Å². The molecule has 7 nitrogen and oxygen atoms in total. The molecule has 31 heavy (non-hydrogen) atoms. The fourth-order valence-electron chi connectivity index (χ4n) is 4.26. The van der Waals surface area contributed by atoms with E-state index in [-0.39, 0.29) is 46.8 Å². The first-order valence-corrected chi connectivity index (χ1v) is 10.3. The number of rotatable bonds is 4. The van der Waals surface area contributed by atoms with Crippen LogP contribution in [0.25, 0.3) is 22.3 Å². The zero-order chi connectivity index (χ0) is 22.3. The third-order valence-electron chi connectivity index (χ3n) is 5.79. The molecule has 1 aliphatic heterocycles. The molecule has 0 bridgehead atoms. The van der Waals surface area contributed by atoms with Crippen molar-refractivity contribution in [1.82, 2.24) is 4.90 Å². The number of ether oxygens (including phenoxy) is 1. The number of hydrogen-bond acceptors (Lipinski definition) is 7. The predicted molar refractivity (Wildman–Crippen MR) is 117 cm³/mol. The van der Waals surface area contributed by atoms with E-state index in [9.17, 15) is 19.8 Å². The molecule has 2 N–H and O–H groups in total. The smallest absolute Gasteiger partial charge is 0.302 e. The highest BCUT2D eigenvalue weighted by Crippen LogP contribution is 2.44. The molecule has 4 rings (SSSR count). The molecule has 8 heteroatoms. The lowest BCUT2D eigenvalue weighted by Gasteiger charge is -2.25. The van der Waals surface area contributed by atoms with Crippen LogP contribution >= 0.6 is 11.6 Å². The van der Waals surface area contributed by atoms with Gasteiger partial charge in [0, 0.05) is 36.1 Å². The van der Waals surface area contributed by atoms with Crippen LogP contribution in [0.4, 0.5) is 0 Å². The van der Waals surface area contributed by atoms with Crippen molar-refractivity contribution in [3.63, 3.8) is 0 Å².